The largest absolute Gasteiger partial charge is 0.417 e. The summed E-state index contributed by atoms with van der Waals surface area (Å²) in [7, 11) is -3.79. The molecule has 1 aliphatic heterocycles. The molecule has 1 N–H and O–H groups in total. The Morgan fingerprint density at radius 2 is 1.92 bits per heavy atom. The normalized spacial score (nSPS) is 15.5. The molecule has 2 heterocycles. The standard InChI is InChI=1S/C16H13ClN2O4S/c17-12-7-13-14(23-16(20)18-13)8-15(12)24(21,22)19-6-5-10-3-1-2-4-11(10)9-19/h1-4,7-8H,5-6,9H2,(H,18,20). The minimum Gasteiger partial charge on any atom is -0.408 e. The summed E-state index contributed by atoms with van der Waals surface area (Å²) in [6, 6.07) is 10.5. The lowest BCUT2D eigenvalue weighted by atomic mass is 10.0. The number of hydrogen-bond acceptors (Lipinski definition) is 4. The Labute approximate surface area is 142 Å². The maximum Gasteiger partial charge on any atom is 0.417 e. The van der Waals surface area contributed by atoms with Crippen LogP contribution in [0, 0.1) is 0 Å². The van der Waals surface area contributed by atoms with Crippen molar-refractivity contribution in [2.75, 3.05) is 6.54 Å². The van der Waals surface area contributed by atoms with Crippen molar-refractivity contribution in [3.05, 3.63) is 63.1 Å². The van der Waals surface area contributed by atoms with E-state index in [4.69, 9.17) is 16.0 Å². The van der Waals surface area contributed by atoms with Gasteiger partial charge in [-0.05, 0) is 23.6 Å². The third-order valence-electron chi connectivity index (χ3n) is 4.19. The minimum atomic E-state index is -3.79. The van der Waals surface area contributed by atoms with Crippen LogP contribution < -0.4 is 5.76 Å². The van der Waals surface area contributed by atoms with E-state index in [-0.39, 0.29) is 15.5 Å². The number of benzene rings is 2. The number of aromatic amines is 1. The van der Waals surface area contributed by atoms with E-state index in [1.54, 1.807) is 0 Å². The summed E-state index contributed by atoms with van der Waals surface area (Å²) in [5.74, 6) is -0.650. The molecule has 0 spiro atoms. The van der Waals surface area contributed by atoms with E-state index in [2.05, 4.69) is 4.98 Å². The van der Waals surface area contributed by atoms with Crippen molar-refractivity contribution in [2.45, 2.75) is 17.9 Å². The van der Waals surface area contributed by atoms with Gasteiger partial charge in [-0.1, -0.05) is 35.9 Å². The van der Waals surface area contributed by atoms with E-state index in [9.17, 15) is 13.2 Å². The fourth-order valence-electron chi connectivity index (χ4n) is 2.96. The molecule has 0 radical (unpaired) electrons. The molecular formula is C16H13ClN2O4S. The number of fused-ring (bicyclic) bond motifs is 2. The first kappa shape index (κ1) is 15.4. The molecule has 2 aromatic carbocycles. The molecule has 0 bridgehead atoms. The fourth-order valence-corrected chi connectivity index (χ4v) is 4.90. The molecule has 0 aliphatic carbocycles. The fraction of sp³-hybridized carbons (Fsp3) is 0.188. The Balaban J connectivity index is 1.78. The van der Waals surface area contributed by atoms with Gasteiger partial charge in [-0.25, -0.2) is 13.2 Å². The van der Waals surface area contributed by atoms with Gasteiger partial charge in [0.15, 0.2) is 5.58 Å². The molecule has 124 valence electrons. The van der Waals surface area contributed by atoms with Gasteiger partial charge in [0, 0.05) is 19.2 Å². The summed E-state index contributed by atoms with van der Waals surface area (Å²) in [5, 5.41) is 0.0541. The van der Waals surface area contributed by atoms with Crippen molar-refractivity contribution in [1.29, 1.82) is 0 Å². The van der Waals surface area contributed by atoms with E-state index in [1.807, 2.05) is 24.3 Å². The van der Waals surface area contributed by atoms with Gasteiger partial charge in [-0.3, -0.25) is 4.98 Å². The summed E-state index contributed by atoms with van der Waals surface area (Å²) >= 11 is 6.15. The average molecular weight is 365 g/mol. The summed E-state index contributed by atoms with van der Waals surface area (Å²) in [6.45, 7) is 0.675. The molecule has 0 saturated carbocycles. The molecule has 1 aliphatic rings. The lowest BCUT2D eigenvalue weighted by molar-refractivity contribution is 0.391. The summed E-state index contributed by atoms with van der Waals surface area (Å²) in [6.07, 6.45) is 0.647. The van der Waals surface area contributed by atoms with Gasteiger partial charge in [-0.2, -0.15) is 4.31 Å². The highest BCUT2D eigenvalue weighted by molar-refractivity contribution is 7.89. The lowest BCUT2D eigenvalue weighted by Crippen LogP contribution is -2.36. The Morgan fingerprint density at radius 3 is 2.71 bits per heavy atom. The van der Waals surface area contributed by atoms with Crippen LogP contribution in [0.2, 0.25) is 5.02 Å². The lowest BCUT2D eigenvalue weighted by Gasteiger charge is -2.28. The molecule has 0 atom stereocenters. The second-order valence-corrected chi connectivity index (χ2v) is 7.96. The Morgan fingerprint density at radius 1 is 1.17 bits per heavy atom. The van der Waals surface area contributed by atoms with Crippen LogP contribution >= 0.6 is 11.6 Å². The van der Waals surface area contributed by atoms with Crippen LogP contribution in [-0.4, -0.2) is 24.3 Å². The smallest absolute Gasteiger partial charge is 0.408 e. The van der Waals surface area contributed by atoms with Crippen LogP contribution in [0.15, 0.2) is 50.5 Å². The molecule has 8 heteroatoms. The van der Waals surface area contributed by atoms with Crippen LogP contribution in [0.4, 0.5) is 0 Å². The molecule has 24 heavy (non-hydrogen) atoms. The Kier molecular flexibility index (Phi) is 3.52. The zero-order chi connectivity index (χ0) is 16.9. The van der Waals surface area contributed by atoms with Gasteiger partial charge in [0.05, 0.1) is 10.5 Å². The summed E-state index contributed by atoms with van der Waals surface area (Å²) in [4.78, 5) is 13.7. The highest BCUT2D eigenvalue weighted by atomic mass is 35.5. The van der Waals surface area contributed by atoms with Gasteiger partial charge < -0.3 is 4.42 Å². The van der Waals surface area contributed by atoms with Gasteiger partial charge in [0.25, 0.3) is 0 Å². The zero-order valence-corrected chi connectivity index (χ0v) is 14.0. The number of nitrogens with zero attached hydrogens (tertiary/aromatic N) is 1. The molecule has 0 unspecified atom stereocenters. The van der Waals surface area contributed by atoms with Crippen LogP contribution in [0.5, 0.6) is 0 Å². The molecule has 4 rings (SSSR count). The second kappa shape index (κ2) is 5.47. The number of sulfonamides is 1. The van der Waals surface area contributed by atoms with Crippen LogP contribution in [0.1, 0.15) is 11.1 Å². The number of hydrogen-bond donors (Lipinski definition) is 1. The number of halogens is 1. The SMILES string of the molecule is O=c1[nH]c2cc(Cl)c(S(=O)(=O)N3CCc4ccccc4C3)cc2o1. The molecule has 0 amide bonds. The van der Waals surface area contributed by atoms with Crippen LogP contribution in [-0.2, 0) is 23.0 Å². The average Bonchev–Trinajstić information content (AvgIpc) is 2.92. The molecule has 0 saturated heterocycles. The third-order valence-corrected chi connectivity index (χ3v) is 6.50. The molecule has 0 fully saturated rings. The van der Waals surface area contributed by atoms with Crippen molar-refractivity contribution in [1.82, 2.24) is 9.29 Å². The molecule has 1 aromatic heterocycles. The van der Waals surface area contributed by atoms with Gasteiger partial charge >= 0.3 is 5.76 Å². The maximum atomic E-state index is 13.0. The minimum absolute atomic E-state index is 0.0541. The highest BCUT2D eigenvalue weighted by Gasteiger charge is 2.30. The monoisotopic (exact) mass is 364 g/mol. The number of H-pyrrole nitrogens is 1. The van der Waals surface area contributed by atoms with Crippen molar-refractivity contribution in [2.24, 2.45) is 0 Å². The quantitative estimate of drug-likeness (QED) is 0.757. The summed E-state index contributed by atoms with van der Waals surface area (Å²) < 4.78 is 32.3. The van der Waals surface area contributed by atoms with Crippen LogP contribution in [0.25, 0.3) is 11.1 Å². The first-order valence-corrected chi connectivity index (χ1v) is 9.16. The predicted molar refractivity (Wildman–Crippen MR) is 89.6 cm³/mol. The Hall–Kier alpha value is -2.09. The van der Waals surface area contributed by atoms with Crippen LogP contribution in [0.3, 0.4) is 0 Å². The first-order valence-electron chi connectivity index (χ1n) is 7.34. The predicted octanol–water partition coefficient (Wildman–Crippen LogP) is 2.52. The third kappa shape index (κ3) is 2.45. The second-order valence-electron chi connectivity index (χ2n) is 5.65. The number of oxazole rings is 1. The van der Waals surface area contributed by atoms with Gasteiger partial charge in [0.2, 0.25) is 10.0 Å². The van der Waals surface area contributed by atoms with Crippen molar-refractivity contribution in [3.63, 3.8) is 0 Å². The first-order chi connectivity index (χ1) is 11.4. The van der Waals surface area contributed by atoms with E-state index < -0.39 is 15.8 Å². The van der Waals surface area contributed by atoms with E-state index >= 15 is 0 Å². The molecule has 6 nitrogen and oxygen atoms in total. The topological polar surface area (TPSA) is 83.4 Å². The van der Waals surface area contributed by atoms with Crippen molar-refractivity contribution < 1.29 is 12.8 Å². The number of aromatic nitrogens is 1. The van der Waals surface area contributed by atoms with Crippen molar-refractivity contribution in [3.8, 4) is 0 Å². The van der Waals surface area contributed by atoms with E-state index in [1.165, 1.54) is 16.4 Å². The zero-order valence-electron chi connectivity index (χ0n) is 12.5. The highest BCUT2D eigenvalue weighted by Crippen LogP contribution is 2.31. The van der Waals surface area contributed by atoms with Crippen molar-refractivity contribution >= 4 is 32.7 Å². The molecular weight excluding hydrogens is 352 g/mol. The molecule has 3 aromatic rings. The number of nitrogens with one attached hydrogen (secondary N) is 1. The number of rotatable bonds is 2. The van der Waals surface area contributed by atoms with E-state index in [0.717, 1.165) is 11.1 Å². The van der Waals surface area contributed by atoms with E-state index in [0.29, 0.717) is 25.0 Å². The Bertz CT molecular complexity index is 1100. The van der Waals surface area contributed by atoms with Gasteiger partial charge in [0.1, 0.15) is 4.90 Å². The maximum absolute atomic E-state index is 13.0. The van der Waals surface area contributed by atoms with Gasteiger partial charge in [-0.15, -0.1) is 0 Å². The summed E-state index contributed by atoms with van der Waals surface area (Å²) in [5.41, 5.74) is 2.67.